The van der Waals surface area contributed by atoms with Gasteiger partial charge in [0, 0.05) is 50.6 Å². The van der Waals surface area contributed by atoms with Gasteiger partial charge in [-0.3, -0.25) is 14.6 Å². The fourth-order valence-corrected chi connectivity index (χ4v) is 4.01. The van der Waals surface area contributed by atoms with Gasteiger partial charge in [-0.25, -0.2) is 4.98 Å². The average molecular weight is 406 g/mol. The third-order valence-corrected chi connectivity index (χ3v) is 5.79. The Morgan fingerprint density at radius 1 is 1.07 bits per heavy atom. The van der Waals surface area contributed by atoms with Crippen LogP contribution in [0.1, 0.15) is 52.8 Å². The topological polar surface area (TPSA) is 79.6 Å². The lowest BCUT2D eigenvalue weighted by atomic mass is 9.91. The molecule has 0 spiro atoms. The molecule has 1 N–H and O–H groups in total. The molecule has 0 atom stereocenters. The molecule has 0 radical (unpaired) electrons. The van der Waals surface area contributed by atoms with Crippen LogP contribution in [0.5, 0.6) is 0 Å². The highest BCUT2D eigenvalue weighted by molar-refractivity contribution is 5.94. The zero-order chi connectivity index (χ0) is 20.8. The van der Waals surface area contributed by atoms with Crippen LogP contribution in [0.4, 0.5) is 0 Å². The Balaban J connectivity index is 1.13. The summed E-state index contributed by atoms with van der Waals surface area (Å²) in [4.78, 5) is 34.9. The number of imidazole rings is 1. The van der Waals surface area contributed by atoms with Crippen LogP contribution in [-0.2, 0) is 0 Å². The van der Waals surface area contributed by atoms with E-state index >= 15 is 0 Å². The molecule has 3 aromatic heterocycles. The van der Waals surface area contributed by atoms with E-state index in [1.54, 1.807) is 36.9 Å². The van der Waals surface area contributed by atoms with Crippen molar-refractivity contribution in [2.75, 3.05) is 19.6 Å². The van der Waals surface area contributed by atoms with Crippen molar-refractivity contribution in [1.29, 1.82) is 0 Å². The Morgan fingerprint density at radius 3 is 2.73 bits per heavy atom. The van der Waals surface area contributed by atoms with E-state index in [4.69, 9.17) is 0 Å². The third-order valence-electron chi connectivity index (χ3n) is 5.79. The largest absolute Gasteiger partial charge is 0.352 e. The number of hydrogen-bond donors (Lipinski definition) is 1. The Bertz CT molecular complexity index is 993. The van der Waals surface area contributed by atoms with Gasteiger partial charge in [0.1, 0.15) is 5.65 Å². The summed E-state index contributed by atoms with van der Waals surface area (Å²) in [7, 11) is 0. The van der Waals surface area contributed by atoms with Crippen molar-refractivity contribution in [3.63, 3.8) is 0 Å². The molecule has 1 aliphatic heterocycles. The summed E-state index contributed by atoms with van der Waals surface area (Å²) < 4.78 is 1.85. The number of rotatable bonds is 7. The molecular formula is C23H27N5O2. The normalized spacial score (nSPS) is 14.7. The van der Waals surface area contributed by atoms with E-state index in [1.807, 2.05) is 27.6 Å². The van der Waals surface area contributed by atoms with Crippen LogP contribution in [0, 0.1) is 5.92 Å². The van der Waals surface area contributed by atoms with Crippen molar-refractivity contribution in [3.05, 3.63) is 66.4 Å². The number of likely N-dealkylation sites (tertiary alicyclic amines) is 1. The van der Waals surface area contributed by atoms with Gasteiger partial charge in [0.05, 0.1) is 11.1 Å². The summed E-state index contributed by atoms with van der Waals surface area (Å²) in [5.41, 5.74) is 2.14. The van der Waals surface area contributed by atoms with Crippen molar-refractivity contribution in [3.8, 4) is 0 Å². The highest BCUT2D eigenvalue weighted by Crippen LogP contribution is 2.23. The monoisotopic (exact) mass is 405 g/mol. The number of piperidine rings is 1. The first kappa shape index (κ1) is 20.1. The molecule has 0 saturated carbocycles. The van der Waals surface area contributed by atoms with Gasteiger partial charge in [-0.1, -0.05) is 12.8 Å². The second-order valence-corrected chi connectivity index (χ2v) is 7.84. The number of hydrogen-bond acceptors (Lipinski definition) is 4. The predicted octanol–water partition coefficient (Wildman–Crippen LogP) is 3.18. The van der Waals surface area contributed by atoms with Crippen molar-refractivity contribution < 1.29 is 9.59 Å². The Hall–Kier alpha value is -3.22. The van der Waals surface area contributed by atoms with Gasteiger partial charge in [-0.15, -0.1) is 0 Å². The Kier molecular flexibility index (Phi) is 6.37. The molecule has 7 nitrogen and oxygen atoms in total. The molecule has 1 fully saturated rings. The average Bonchev–Trinajstić information content (AvgIpc) is 3.27. The summed E-state index contributed by atoms with van der Waals surface area (Å²) in [5, 5.41) is 3.00. The van der Waals surface area contributed by atoms with Crippen LogP contribution in [0.2, 0.25) is 0 Å². The SMILES string of the molecule is O=C(NCCCCC1CCN(C(=O)c2cccnc2)CC1)c1ccc2nccn2c1. The number of unbranched alkanes of at least 4 members (excludes halogenated alkanes) is 1. The van der Waals surface area contributed by atoms with E-state index in [-0.39, 0.29) is 11.8 Å². The van der Waals surface area contributed by atoms with Crippen LogP contribution in [-0.4, -0.2) is 50.7 Å². The molecule has 3 aromatic rings. The second kappa shape index (κ2) is 9.52. The second-order valence-electron chi connectivity index (χ2n) is 7.84. The van der Waals surface area contributed by atoms with Gasteiger partial charge < -0.3 is 14.6 Å². The van der Waals surface area contributed by atoms with Crippen LogP contribution in [0.15, 0.2) is 55.2 Å². The maximum absolute atomic E-state index is 12.5. The highest BCUT2D eigenvalue weighted by atomic mass is 16.2. The molecule has 156 valence electrons. The van der Waals surface area contributed by atoms with Crippen LogP contribution < -0.4 is 5.32 Å². The number of fused-ring (bicyclic) bond motifs is 1. The number of pyridine rings is 2. The molecule has 4 heterocycles. The lowest BCUT2D eigenvalue weighted by Gasteiger charge is -2.32. The molecular weight excluding hydrogens is 378 g/mol. The number of carbonyl (C=O) groups excluding carboxylic acids is 2. The third kappa shape index (κ3) is 4.84. The van der Waals surface area contributed by atoms with Crippen LogP contribution >= 0.6 is 0 Å². The van der Waals surface area contributed by atoms with E-state index in [9.17, 15) is 9.59 Å². The summed E-state index contributed by atoms with van der Waals surface area (Å²) in [6.07, 6.45) is 14.0. The predicted molar refractivity (Wildman–Crippen MR) is 114 cm³/mol. The number of nitrogens with one attached hydrogen (secondary N) is 1. The molecule has 7 heteroatoms. The van der Waals surface area contributed by atoms with Crippen molar-refractivity contribution in [2.24, 2.45) is 5.92 Å². The van der Waals surface area contributed by atoms with E-state index in [0.29, 0.717) is 23.6 Å². The molecule has 2 amide bonds. The minimum Gasteiger partial charge on any atom is -0.352 e. The minimum atomic E-state index is -0.0483. The minimum absolute atomic E-state index is 0.0483. The van der Waals surface area contributed by atoms with E-state index in [1.165, 1.54) is 0 Å². The van der Waals surface area contributed by atoms with Gasteiger partial charge in [0.2, 0.25) is 0 Å². The maximum Gasteiger partial charge on any atom is 0.255 e. The first-order valence-corrected chi connectivity index (χ1v) is 10.6. The van der Waals surface area contributed by atoms with E-state index in [2.05, 4.69) is 15.3 Å². The molecule has 4 rings (SSSR count). The fraction of sp³-hybridized carbons (Fsp3) is 0.391. The number of amides is 2. The molecule has 30 heavy (non-hydrogen) atoms. The fourth-order valence-electron chi connectivity index (χ4n) is 4.01. The standard InChI is InChI=1S/C23H27N5O2/c29-22(20-6-7-21-25-12-15-28(21)17-20)26-11-2-1-4-18-8-13-27(14-9-18)23(30)19-5-3-10-24-16-19/h3,5-7,10,12,15-18H,1-2,4,8-9,11,13-14H2,(H,26,29). The lowest BCUT2D eigenvalue weighted by Crippen LogP contribution is -2.38. The summed E-state index contributed by atoms with van der Waals surface area (Å²) in [6.45, 7) is 2.30. The van der Waals surface area contributed by atoms with E-state index in [0.717, 1.165) is 50.8 Å². The number of nitrogens with zero attached hydrogens (tertiary/aromatic N) is 4. The first-order valence-electron chi connectivity index (χ1n) is 10.6. The lowest BCUT2D eigenvalue weighted by molar-refractivity contribution is 0.0685. The summed E-state index contributed by atoms with van der Waals surface area (Å²) >= 11 is 0. The van der Waals surface area contributed by atoms with Crippen molar-refractivity contribution in [1.82, 2.24) is 24.6 Å². The van der Waals surface area contributed by atoms with E-state index < -0.39 is 0 Å². The van der Waals surface area contributed by atoms with Crippen LogP contribution in [0.25, 0.3) is 5.65 Å². The van der Waals surface area contributed by atoms with Crippen molar-refractivity contribution in [2.45, 2.75) is 32.1 Å². The smallest absolute Gasteiger partial charge is 0.255 e. The molecule has 0 bridgehead atoms. The van der Waals surface area contributed by atoms with Gasteiger partial charge in [-0.2, -0.15) is 0 Å². The van der Waals surface area contributed by atoms with Crippen molar-refractivity contribution >= 4 is 17.5 Å². The molecule has 1 saturated heterocycles. The number of carbonyl (C=O) groups is 2. The summed E-state index contributed by atoms with van der Waals surface area (Å²) in [6, 6.07) is 7.27. The Morgan fingerprint density at radius 2 is 1.93 bits per heavy atom. The number of aromatic nitrogens is 3. The first-order chi connectivity index (χ1) is 14.7. The van der Waals surface area contributed by atoms with Gasteiger partial charge in [0.25, 0.3) is 11.8 Å². The van der Waals surface area contributed by atoms with Gasteiger partial charge in [0.15, 0.2) is 0 Å². The zero-order valence-corrected chi connectivity index (χ0v) is 17.0. The summed E-state index contributed by atoms with van der Waals surface area (Å²) in [5.74, 6) is 0.688. The van der Waals surface area contributed by atoms with Gasteiger partial charge in [-0.05, 0) is 49.4 Å². The maximum atomic E-state index is 12.5. The zero-order valence-electron chi connectivity index (χ0n) is 17.0. The Labute approximate surface area is 176 Å². The highest BCUT2D eigenvalue weighted by Gasteiger charge is 2.23. The molecule has 0 aliphatic carbocycles. The van der Waals surface area contributed by atoms with Crippen LogP contribution in [0.3, 0.4) is 0 Å². The quantitative estimate of drug-likeness (QED) is 0.612. The molecule has 0 aromatic carbocycles. The molecule has 1 aliphatic rings. The van der Waals surface area contributed by atoms with Gasteiger partial charge >= 0.3 is 0 Å². The molecule has 0 unspecified atom stereocenters.